The number of carbonyl (C=O) groups excluding carboxylic acids is 1. The van der Waals surface area contributed by atoms with Crippen LogP contribution in [0.3, 0.4) is 0 Å². The highest BCUT2D eigenvalue weighted by Crippen LogP contribution is 2.19. The van der Waals surface area contributed by atoms with Gasteiger partial charge in [-0.15, -0.1) is 11.8 Å². The van der Waals surface area contributed by atoms with Gasteiger partial charge in [-0.25, -0.2) is 4.39 Å². The van der Waals surface area contributed by atoms with Gasteiger partial charge in [-0.1, -0.05) is 44.6 Å². The van der Waals surface area contributed by atoms with Crippen LogP contribution < -0.4 is 11.1 Å². The average Bonchev–Trinajstić information content (AvgIpc) is 2.71. The molecule has 4 N–H and O–H groups in total. The van der Waals surface area contributed by atoms with E-state index in [2.05, 4.69) is 17.6 Å². The molecule has 1 unspecified atom stereocenters. The normalized spacial score (nSPS) is 14.2. The Morgan fingerprint density at radius 2 is 2.00 bits per heavy atom. The maximum atomic E-state index is 13.5. The van der Waals surface area contributed by atoms with Crippen LogP contribution in [0.2, 0.25) is 0 Å². The van der Waals surface area contributed by atoms with Crippen molar-refractivity contribution in [3.8, 4) is 0 Å². The molecule has 30 heavy (non-hydrogen) atoms. The lowest BCUT2D eigenvalue weighted by atomic mass is 9.95. The molecule has 1 rings (SSSR count). The number of rotatable bonds is 11. The second-order valence-electron chi connectivity index (χ2n) is 7.10. The van der Waals surface area contributed by atoms with Crippen LogP contribution in [0.4, 0.5) is 4.39 Å². The molecular formula is C24H34FN3OS. The maximum absolute atomic E-state index is 13.5. The lowest BCUT2D eigenvalue weighted by molar-refractivity contribution is -0.120. The van der Waals surface area contributed by atoms with Crippen LogP contribution in [0, 0.1) is 11.2 Å². The fraction of sp³-hybridized carbons (Fsp3) is 0.417. The summed E-state index contributed by atoms with van der Waals surface area (Å²) in [7, 11) is 0. The van der Waals surface area contributed by atoms with Crippen molar-refractivity contribution >= 4 is 23.4 Å². The number of halogens is 1. The SMILES string of the molecule is CCS/C=C(\CC)CC(=O)NC(C)/C=C(C)\C(N)=C(/CC)C(=N)c1cccc(F)c1. The summed E-state index contributed by atoms with van der Waals surface area (Å²) in [5.74, 6) is 0.578. The number of hydrogen-bond acceptors (Lipinski definition) is 4. The number of carbonyl (C=O) groups is 1. The minimum absolute atomic E-state index is 0.0258. The summed E-state index contributed by atoms with van der Waals surface area (Å²) < 4.78 is 13.5. The third-order valence-electron chi connectivity index (χ3n) is 4.67. The molecule has 4 nitrogen and oxygen atoms in total. The van der Waals surface area contributed by atoms with E-state index in [1.807, 2.05) is 33.8 Å². The van der Waals surface area contributed by atoms with Gasteiger partial charge in [0.05, 0.1) is 5.71 Å². The van der Waals surface area contributed by atoms with Crippen molar-refractivity contribution in [1.82, 2.24) is 5.32 Å². The standard InChI is InChI=1S/C24H34FN3OS/c1-6-18(15-30-8-3)13-22(29)28-17(5)12-16(4)23(26)21(7-2)24(27)19-10-9-11-20(25)14-19/h9-12,14-15,17,27H,6-8,13,26H2,1-5H3,(H,28,29)/b16-12-,18-15+,23-21-,27-24?. The van der Waals surface area contributed by atoms with Gasteiger partial charge in [-0.3, -0.25) is 10.2 Å². The maximum Gasteiger partial charge on any atom is 0.224 e. The van der Waals surface area contributed by atoms with E-state index in [0.717, 1.165) is 23.3 Å². The molecule has 0 radical (unpaired) electrons. The Morgan fingerprint density at radius 1 is 1.30 bits per heavy atom. The Hall–Kier alpha value is -2.34. The molecule has 0 aromatic heterocycles. The number of allylic oxidation sites excluding steroid dienone is 2. The molecule has 0 saturated heterocycles. The lowest BCUT2D eigenvalue weighted by Crippen LogP contribution is -2.31. The molecule has 0 fully saturated rings. The van der Waals surface area contributed by atoms with E-state index in [1.54, 1.807) is 23.9 Å². The first-order valence-corrected chi connectivity index (χ1v) is 11.4. The average molecular weight is 432 g/mol. The molecule has 0 spiro atoms. The molecule has 164 valence electrons. The first kappa shape index (κ1) is 25.7. The Morgan fingerprint density at radius 3 is 2.57 bits per heavy atom. The molecular weight excluding hydrogens is 397 g/mol. The molecule has 0 aliphatic heterocycles. The largest absolute Gasteiger partial charge is 0.398 e. The summed E-state index contributed by atoms with van der Waals surface area (Å²) in [5, 5.41) is 13.5. The van der Waals surface area contributed by atoms with Crippen molar-refractivity contribution in [2.45, 2.75) is 59.9 Å². The number of benzene rings is 1. The Bertz CT molecular complexity index is 843. The van der Waals surface area contributed by atoms with Gasteiger partial charge in [0.25, 0.3) is 0 Å². The number of nitrogens with one attached hydrogen (secondary N) is 2. The molecule has 0 aliphatic carbocycles. The fourth-order valence-corrected chi connectivity index (χ4v) is 3.68. The van der Waals surface area contributed by atoms with Crippen LogP contribution in [0.25, 0.3) is 0 Å². The Labute approximate surface area is 184 Å². The summed E-state index contributed by atoms with van der Waals surface area (Å²) in [5.41, 5.74) is 10.1. The van der Waals surface area contributed by atoms with Crippen molar-refractivity contribution in [3.05, 3.63) is 69.5 Å². The van der Waals surface area contributed by atoms with Gasteiger partial charge in [0.1, 0.15) is 5.82 Å². The Kier molecular flexibility index (Phi) is 11.2. The van der Waals surface area contributed by atoms with Gasteiger partial charge >= 0.3 is 0 Å². The van der Waals surface area contributed by atoms with E-state index < -0.39 is 0 Å². The molecule has 1 atom stereocenters. The van der Waals surface area contributed by atoms with E-state index >= 15 is 0 Å². The van der Waals surface area contributed by atoms with E-state index in [0.29, 0.717) is 29.7 Å². The summed E-state index contributed by atoms with van der Waals surface area (Å²) in [4.78, 5) is 12.3. The predicted molar refractivity (Wildman–Crippen MR) is 127 cm³/mol. The van der Waals surface area contributed by atoms with E-state index in [4.69, 9.17) is 11.1 Å². The second-order valence-corrected chi connectivity index (χ2v) is 8.25. The molecule has 0 bridgehead atoms. The van der Waals surface area contributed by atoms with Crippen LogP contribution in [-0.4, -0.2) is 23.4 Å². The Balaban J connectivity index is 2.93. The molecule has 0 saturated carbocycles. The first-order valence-electron chi connectivity index (χ1n) is 10.3. The molecule has 1 aromatic rings. The molecule has 1 amide bonds. The zero-order valence-electron chi connectivity index (χ0n) is 18.6. The minimum atomic E-state index is -0.382. The van der Waals surface area contributed by atoms with Gasteiger partial charge < -0.3 is 11.1 Å². The van der Waals surface area contributed by atoms with Crippen molar-refractivity contribution < 1.29 is 9.18 Å². The van der Waals surface area contributed by atoms with Crippen molar-refractivity contribution in [1.29, 1.82) is 5.41 Å². The predicted octanol–water partition coefficient (Wildman–Crippen LogP) is 5.70. The third-order valence-corrected chi connectivity index (χ3v) is 5.50. The van der Waals surface area contributed by atoms with Crippen LogP contribution in [0.15, 0.2) is 58.2 Å². The molecule has 1 aromatic carbocycles. The highest BCUT2D eigenvalue weighted by molar-refractivity contribution is 8.02. The van der Waals surface area contributed by atoms with E-state index in [9.17, 15) is 9.18 Å². The van der Waals surface area contributed by atoms with Gasteiger partial charge in [0.2, 0.25) is 5.91 Å². The second kappa shape index (κ2) is 13.1. The molecule has 0 aliphatic rings. The van der Waals surface area contributed by atoms with Crippen molar-refractivity contribution in [3.63, 3.8) is 0 Å². The quantitative estimate of drug-likeness (QED) is 0.310. The van der Waals surface area contributed by atoms with Gasteiger partial charge in [-0.2, -0.15) is 0 Å². The van der Waals surface area contributed by atoms with Crippen LogP contribution in [0.1, 0.15) is 59.4 Å². The smallest absolute Gasteiger partial charge is 0.224 e. The first-order chi connectivity index (χ1) is 14.2. The zero-order valence-corrected chi connectivity index (χ0v) is 19.5. The zero-order chi connectivity index (χ0) is 22.7. The third kappa shape index (κ3) is 8.19. The highest BCUT2D eigenvalue weighted by atomic mass is 32.2. The van der Waals surface area contributed by atoms with Gasteiger partial charge in [0.15, 0.2) is 0 Å². The summed E-state index contributed by atoms with van der Waals surface area (Å²) in [6.07, 6.45) is 3.67. The summed E-state index contributed by atoms with van der Waals surface area (Å²) >= 11 is 1.70. The number of hydrogen-bond donors (Lipinski definition) is 3. The van der Waals surface area contributed by atoms with Gasteiger partial charge in [-0.05, 0) is 55.6 Å². The molecule has 0 heterocycles. The van der Waals surface area contributed by atoms with E-state index in [1.165, 1.54) is 12.1 Å². The summed E-state index contributed by atoms with van der Waals surface area (Å²) in [6, 6.07) is 5.77. The number of thioether (sulfide) groups is 1. The van der Waals surface area contributed by atoms with Gasteiger partial charge in [0, 0.05) is 29.3 Å². The van der Waals surface area contributed by atoms with Crippen molar-refractivity contribution in [2.75, 3.05) is 5.75 Å². The van der Waals surface area contributed by atoms with Crippen LogP contribution in [0.5, 0.6) is 0 Å². The van der Waals surface area contributed by atoms with Crippen LogP contribution >= 0.6 is 11.8 Å². The number of nitrogens with two attached hydrogens (primary N) is 1. The summed E-state index contributed by atoms with van der Waals surface area (Å²) in [6.45, 7) is 9.81. The highest BCUT2D eigenvalue weighted by Gasteiger charge is 2.14. The lowest BCUT2D eigenvalue weighted by Gasteiger charge is -2.16. The minimum Gasteiger partial charge on any atom is -0.398 e. The topological polar surface area (TPSA) is 79.0 Å². The monoisotopic (exact) mass is 431 g/mol. The molecule has 6 heteroatoms. The number of amides is 1. The fourth-order valence-electron chi connectivity index (χ4n) is 3.03. The van der Waals surface area contributed by atoms with Crippen LogP contribution in [-0.2, 0) is 4.79 Å². The van der Waals surface area contributed by atoms with E-state index in [-0.39, 0.29) is 23.5 Å². The van der Waals surface area contributed by atoms with Crippen molar-refractivity contribution in [2.24, 2.45) is 5.73 Å².